The molecule has 2 aliphatic rings. The Hall–Kier alpha value is -2.35. The van der Waals surface area contributed by atoms with Crippen molar-refractivity contribution in [2.75, 3.05) is 62.3 Å². The van der Waals surface area contributed by atoms with E-state index < -0.39 is 0 Å². The molecule has 3 rings (SSSR count). The second-order valence-electron chi connectivity index (χ2n) is 7.50. The SMILES string of the molecule is CC(C)CC(=O)N1CCN(c2ccc([N+](=O)[O-])c(N3CCOCC3)c2)CC1. The first-order valence-corrected chi connectivity index (χ1v) is 9.59. The van der Waals surface area contributed by atoms with Gasteiger partial charge in [0.1, 0.15) is 5.69 Å². The van der Waals surface area contributed by atoms with Gasteiger partial charge in [0.2, 0.25) is 5.91 Å². The Morgan fingerprint density at radius 1 is 1.11 bits per heavy atom. The van der Waals surface area contributed by atoms with E-state index in [1.165, 1.54) is 0 Å². The topological polar surface area (TPSA) is 79.2 Å². The second-order valence-corrected chi connectivity index (χ2v) is 7.50. The zero-order valence-electron chi connectivity index (χ0n) is 16.1. The highest BCUT2D eigenvalue weighted by molar-refractivity contribution is 5.77. The van der Waals surface area contributed by atoms with E-state index in [4.69, 9.17) is 4.74 Å². The number of carbonyl (C=O) groups excluding carboxylic acids is 1. The number of carbonyl (C=O) groups is 1. The van der Waals surface area contributed by atoms with Crippen LogP contribution in [-0.4, -0.2) is 68.2 Å². The quantitative estimate of drug-likeness (QED) is 0.579. The largest absolute Gasteiger partial charge is 0.378 e. The zero-order valence-corrected chi connectivity index (χ0v) is 16.1. The van der Waals surface area contributed by atoms with Crippen molar-refractivity contribution >= 4 is 23.0 Å². The van der Waals surface area contributed by atoms with E-state index in [1.54, 1.807) is 6.07 Å². The Morgan fingerprint density at radius 2 is 1.78 bits per heavy atom. The van der Waals surface area contributed by atoms with Crippen LogP contribution in [0.3, 0.4) is 0 Å². The number of benzene rings is 1. The number of amides is 1. The monoisotopic (exact) mass is 376 g/mol. The van der Waals surface area contributed by atoms with Crippen LogP contribution in [-0.2, 0) is 9.53 Å². The summed E-state index contributed by atoms with van der Waals surface area (Å²) in [6.07, 6.45) is 0.582. The minimum atomic E-state index is -0.322. The first-order valence-electron chi connectivity index (χ1n) is 9.59. The lowest BCUT2D eigenvalue weighted by Gasteiger charge is -2.37. The standard InChI is InChI=1S/C19H28N4O4/c1-15(2)13-19(24)22-7-5-20(6-8-22)16-3-4-17(23(25)26)18(14-16)21-9-11-27-12-10-21/h3-4,14-15H,5-13H2,1-2H3. The van der Waals surface area contributed by atoms with Gasteiger partial charge in [-0.2, -0.15) is 0 Å². The van der Waals surface area contributed by atoms with Gasteiger partial charge in [0.15, 0.2) is 0 Å². The van der Waals surface area contributed by atoms with Crippen molar-refractivity contribution in [1.82, 2.24) is 4.90 Å². The molecule has 2 saturated heterocycles. The van der Waals surface area contributed by atoms with Crippen LogP contribution < -0.4 is 9.80 Å². The van der Waals surface area contributed by atoms with E-state index >= 15 is 0 Å². The van der Waals surface area contributed by atoms with Crippen LogP contribution in [0.15, 0.2) is 18.2 Å². The van der Waals surface area contributed by atoms with Crippen molar-refractivity contribution in [3.05, 3.63) is 28.3 Å². The molecule has 0 radical (unpaired) electrons. The Kier molecular flexibility index (Phi) is 6.15. The molecule has 1 aromatic rings. The van der Waals surface area contributed by atoms with E-state index in [1.807, 2.05) is 21.9 Å². The number of anilines is 2. The third-order valence-electron chi connectivity index (χ3n) is 5.09. The molecule has 0 unspecified atom stereocenters. The van der Waals surface area contributed by atoms with E-state index in [0.717, 1.165) is 18.8 Å². The van der Waals surface area contributed by atoms with Gasteiger partial charge in [-0.25, -0.2) is 0 Å². The fraction of sp³-hybridized carbons (Fsp3) is 0.632. The maximum atomic E-state index is 12.2. The van der Waals surface area contributed by atoms with Gasteiger partial charge >= 0.3 is 0 Å². The summed E-state index contributed by atoms with van der Waals surface area (Å²) in [5.74, 6) is 0.573. The number of ether oxygens (including phenoxy) is 1. The molecule has 0 N–H and O–H groups in total. The number of piperazine rings is 1. The van der Waals surface area contributed by atoms with Crippen molar-refractivity contribution in [2.45, 2.75) is 20.3 Å². The van der Waals surface area contributed by atoms with Crippen LogP contribution in [0.1, 0.15) is 20.3 Å². The van der Waals surface area contributed by atoms with Crippen LogP contribution in [0.5, 0.6) is 0 Å². The molecule has 8 nitrogen and oxygen atoms in total. The van der Waals surface area contributed by atoms with E-state index in [2.05, 4.69) is 18.7 Å². The molecule has 1 amide bonds. The number of morpholine rings is 1. The molecule has 0 spiro atoms. The van der Waals surface area contributed by atoms with Gasteiger partial charge in [0.25, 0.3) is 5.69 Å². The zero-order chi connectivity index (χ0) is 19.4. The maximum absolute atomic E-state index is 12.2. The summed E-state index contributed by atoms with van der Waals surface area (Å²) in [5.41, 5.74) is 1.75. The van der Waals surface area contributed by atoms with Crippen molar-refractivity contribution in [3.8, 4) is 0 Å². The predicted octanol–water partition coefficient (Wildman–Crippen LogP) is 2.13. The summed E-state index contributed by atoms with van der Waals surface area (Å²) in [7, 11) is 0. The first kappa shape index (κ1) is 19.4. The summed E-state index contributed by atoms with van der Waals surface area (Å²) in [6.45, 7) is 9.44. The Balaban J connectivity index is 1.72. The Labute approximate surface area is 159 Å². The molecule has 0 saturated carbocycles. The smallest absolute Gasteiger partial charge is 0.292 e. The van der Waals surface area contributed by atoms with Gasteiger partial charge < -0.3 is 19.4 Å². The van der Waals surface area contributed by atoms with Crippen molar-refractivity contribution in [3.63, 3.8) is 0 Å². The molecule has 27 heavy (non-hydrogen) atoms. The minimum Gasteiger partial charge on any atom is -0.378 e. The van der Waals surface area contributed by atoms with Crippen molar-refractivity contribution in [1.29, 1.82) is 0 Å². The summed E-state index contributed by atoms with van der Waals surface area (Å²) in [5, 5.41) is 11.4. The fourth-order valence-electron chi connectivity index (χ4n) is 3.61. The Bertz CT molecular complexity index is 680. The molecule has 0 bridgehead atoms. The van der Waals surface area contributed by atoms with Crippen molar-refractivity contribution in [2.24, 2.45) is 5.92 Å². The number of hydrogen-bond acceptors (Lipinski definition) is 6. The van der Waals surface area contributed by atoms with Crippen LogP contribution in [0.4, 0.5) is 17.1 Å². The molecule has 2 aliphatic heterocycles. The average molecular weight is 376 g/mol. The van der Waals surface area contributed by atoms with Crippen LogP contribution in [0, 0.1) is 16.0 Å². The number of nitro groups is 1. The molecule has 0 atom stereocenters. The molecule has 2 fully saturated rings. The molecule has 8 heteroatoms. The van der Waals surface area contributed by atoms with Gasteiger partial charge in [-0.05, 0) is 18.1 Å². The molecule has 2 heterocycles. The highest BCUT2D eigenvalue weighted by Crippen LogP contribution is 2.33. The van der Waals surface area contributed by atoms with Crippen LogP contribution >= 0.6 is 0 Å². The first-order chi connectivity index (χ1) is 13.0. The van der Waals surface area contributed by atoms with Gasteiger partial charge in [-0.15, -0.1) is 0 Å². The van der Waals surface area contributed by atoms with Crippen LogP contribution in [0.2, 0.25) is 0 Å². The normalized spacial score (nSPS) is 18.1. The molecule has 148 valence electrons. The average Bonchev–Trinajstić information content (AvgIpc) is 2.67. The fourth-order valence-corrected chi connectivity index (χ4v) is 3.61. The third kappa shape index (κ3) is 4.68. The lowest BCUT2D eigenvalue weighted by molar-refractivity contribution is -0.384. The molecule has 0 aromatic heterocycles. The minimum absolute atomic E-state index is 0.131. The molecule has 0 aliphatic carbocycles. The summed E-state index contributed by atoms with van der Waals surface area (Å²) in [6, 6.07) is 5.32. The molecular weight excluding hydrogens is 348 g/mol. The highest BCUT2D eigenvalue weighted by Gasteiger charge is 2.25. The summed E-state index contributed by atoms with van der Waals surface area (Å²) < 4.78 is 5.37. The number of hydrogen-bond donors (Lipinski definition) is 0. The predicted molar refractivity (Wildman–Crippen MR) is 104 cm³/mol. The third-order valence-corrected chi connectivity index (χ3v) is 5.09. The summed E-state index contributed by atoms with van der Waals surface area (Å²) >= 11 is 0. The molecular formula is C19H28N4O4. The van der Waals surface area contributed by atoms with Gasteiger partial charge in [0, 0.05) is 57.4 Å². The van der Waals surface area contributed by atoms with E-state index in [9.17, 15) is 14.9 Å². The molecule has 1 aromatic carbocycles. The maximum Gasteiger partial charge on any atom is 0.292 e. The van der Waals surface area contributed by atoms with Gasteiger partial charge in [-0.3, -0.25) is 14.9 Å². The lowest BCUT2D eigenvalue weighted by Crippen LogP contribution is -2.49. The van der Waals surface area contributed by atoms with E-state index in [0.29, 0.717) is 57.4 Å². The Morgan fingerprint density at radius 3 is 2.37 bits per heavy atom. The van der Waals surface area contributed by atoms with Crippen molar-refractivity contribution < 1.29 is 14.5 Å². The van der Waals surface area contributed by atoms with Gasteiger partial charge in [-0.1, -0.05) is 13.8 Å². The van der Waals surface area contributed by atoms with E-state index in [-0.39, 0.29) is 16.5 Å². The second kappa shape index (κ2) is 8.56. The lowest BCUT2D eigenvalue weighted by atomic mass is 10.1. The highest BCUT2D eigenvalue weighted by atomic mass is 16.6. The van der Waals surface area contributed by atoms with Crippen LogP contribution in [0.25, 0.3) is 0 Å². The van der Waals surface area contributed by atoms with Gasteiger partial charge in [0.05, 0.1) is 18.1 Å². The number of rotatable bonds is 5. The summed E-state index contributed by atoms with van der Waals surface area (Å²) in [4.78, 5) is 29.5. The number of nitro benzene ring substituents is 1. The number of nitrogens with zero attached hydrogens (tertiary/aromatic N) is 4.